The van der Waals surface area contributed by atoms with Gasteiger partial charge < -0.3 is 15.4 Å². The normalized spacial score (nSPS) is 18.8. The Bertz CT molecular complexity index is 547. The van der Waals surface area contributed by atoms with Gasteiger partial charge in [0.05, 0.1) is 12.7 Å². The van der Waals surface area contributed by atoms with Crippen molar-refractivity contribution in [1.29, 1.82) is 0 Å². The van der Waals surface area contributed by atoms with Crippen molar-refractivity contribution in [2.24, 2.45) is 0 Å². The summed E-state index contributed by atoms with van der Waals surface area (Å²) in [5.41, 5.74) is 3.21. The molecule has 0 amide bonds. The standard InChI is InChI=1S/C15H18N4O/c1-11-8-17-15(18-9-11)19-13-4-2-12(3-5-13)14-10-16-6-7-20-14/h2-5,8-9,14,16H,6-7,10H2,1H3,(H,17,18,19). The SMILES string of the molecule is Cc1cnc(Nc2ccc(C3CNCCO3)cc2)nc1. The lowest BCUT2D eigenvalue weighted by Gasteiger charge is -2.24. The second kappa shape index (κ2) is 5.98. The van der Waals surface area contributed by atoms with E-state index >= 15 is 0 Å². The number of nitrogens with zero attached hydrogens (tertiary/aromatic N) is 2. The Balaban J connectivity index is 1.67. The summed E-state index contributed by atoms with van der Waals surface area (Å²) in [6.07, 6.45) is 3.74. The lowest BCUT2D eigenvalue weighted by molar-refractivity contribution is 0.0277. The highest BCUT2D eigenvalue weighted by Gasteiger charge is 2.15. The van der Waals surface area contributed by atoms with Gasteiger partial charge in [0.15, 0.2) is 0 Å². The molecule has 5 heteroatoms. The number of hydrogen-bond acceptors (Lipinski definition) is 5. The zero-order valence-electron chi connectivity index (χ0n) is 11.5. The van der Waals surface area contributed by atoms with Gasteiger partial charge in [-0.2, -0.15) is 0 Å². The van der Waals surface area contributed by atoms with Gasteiger partial charge in [-0.1, -0.05) is 12.1 Å². The average molecular weight is 270 g/mol. The predicted molar refractivity (Wildman–Crippen MR) is 78.1 cm³/mol. The van der Waals surface area contributed by atoms with E-state index in [9.17, 15) is 0 Å². The van der Waals surface area contributed by atoms with Gasteiger partial charge in [0, 0.05) is 31.2 Å². The smallest absolute Gasteiger partial charge is 0.227 e. The molecule has 0 bridgehead atoms. The van der Waals surface area contributed by atoms with Gasteiger partial charge in [0.25, 0.3) is 0 Å². The molecule has 1 aliphatic heterocycles. The maximum atomic E-state index is 5.73. The van der Waals surface area contributed by atoms with E-state index in [2.05, 4.69) is 32.7 Å². The van der Waals surface area contributed by atoms with Crippen LogP contribution in [0.25, 0.3) is 0 Å². The number of nitrogens with one attached hydrogen (secondary N) is 2. The quantitative estimate of drug-likeness (QED) is 0.895. The molecule has 1 unspecified atom stereocenters. The number of rotatable bonds is 3. The zero-order valence-corrected chi connectivity index (χ0v) is 11.5. The first kappa shape index (κ1) is 13.0. The molecule has 2 N–H and O–H groups in total. The minimum atomic E-state index is 0.147. The Morgan fingerprint density at radius 3 is 2.60 bits per heavy atom. The third-order valence-corrected chi connectivity index (χ3v) is 3.25. The van der Waals surface area contributed by atoms with E-state index in [0.717, 1.165) is 30.9 Å². The first-order valence-electron chi connectivity index (χ1n) is 6.79. The van der Waals surface area contributed by atoms with Crippen LogP contribution in [0, 0.1) is 6.92 Å². The summed E-state index contributed by atoms with van der Waals surface area (Å²) in [6.45, 7) is 4.54. The molecule has 1 saturated heterocycles. The summed E-state index contributed by atoms with van der Waals surface area (Å²) in [5.74, 6) is 0.610. The molecule has 5 nitrogen and oxygen atoms in total. The summed E-state index contributed by atoms with van der Waals surface area (Å²) in [4.78, 5) is 8.46. The number of anilines is 2. The summed E-state index contributed by atoms with van der Waals surface area (Å²) < 4.78 is 5.73. The first-order valence-corrected chi connectivity index (χ1v) is 6.79. The van der Waals surface area contributed by atoms with Crippen LogP contribution in [0.3, 0.4) is 0 Å². The maximum absolute atomic E-state index is 5.73. The molecule has 1 aromatic heterocycles. The fraction of sp³-hybridized carbons (Fsp3) is 0.333. The fourth-order valence-electron chi connectivity index (χ4n) is 2.15. The molecule has 1 aliphatic rings. The van der Waals surface area contributed by atoms with Crippen LogP contribution in [-0.2, 0) is 4.74 Å². The third-order valence-electron chi connectivity index (χ3n) is 3.25. The topological polar surface area (TPSA) is 59.1 Å². The average Bonchev–Trinajstić information content (AvgIpc) is 2.51. The molecule has 0 spiro atoms. The molecule has 0 saturated carbocycles. The Kier molecular flexibility index (Phi) is 3.90. The predicted octanol–water partition coefficient (Wildman–Crippen LogP) is 2.19. The van der Waals surface area contributed by atoms with E-state index in [1.54, 1.807) is 12.4 Å². The maximum Gasteiger partial charge on any atom is 0.227 e. The highest BCUT2D eigenvalue weighted by atomic mass is 16.5. The molecule has 20 heavy (non-hydrogen) atoms. The number of benzene rings is 1. The minimum absolute atomic E-state index is 0.147. The molecule has 104 valence electrons. The molecule has 2 aromatic rings. The Morgan fingerprint density at radius 2 is 1.95 bits per heavy atom. The van der Waals surface area contributed by atoms with Crippen molar-refractivity contribution >= 4 is 11.6 Å². The summed E-state index contributed by atoms with van der Waals surface area (Å²) in [6, 6.07) is 8.20. The largest absolute Gasteiger partial charge is 0.371 e. The lowest BCUT2D eigenvalue weighted by Crippen LogP contribution is -2.33. The molecular weight excluding hydrogens is 252 g/mol. The van der Waals surface area contributed by atoms with E-state index in [1.807, 2.05) is 19.1 Å². The van der Waals surface area contributed by atoms with Crippen LogP contribution in [-0.4, -0.2) is 29.7 Å². The van der Waals surface area contributed by atoms with Gasteiger partial charge in [-0.3, -0.25) is 0 Å². The van der Waals surface area contributed by atoms with E-state index in [1.165, 1.54) is 5.56 Å². The van der Waals surface area contributed by atoms with Crippen LogP contribution < -0.4 is 10.6 Å². The van der Waals surface area contributed by atoms with E-state index < -0.39 is 0 Å². The second-order valence-corrected chi connectivity index (χ2v) is 4.89. The third kappa shape index (κ3) is 3.12. The van der Waals surface area contributed by atoms with Crippen molar-refractivity contribution in [3.05, 3.63) is 47.8 Å². The van der Waals surface area contributed by atoms with Crippen LogP contribution in [0.1, 0.15) is 17.2 Å². The van der Waals surface area contributed by atoms with Crippen molar-refractivity contribution in [3.63, 3.8) is 0 Å². The molecular formula is C15H18N4O. The van der Waals surface area contributed by atoms with Crippen LogP contribution in [0.15, 0.2) is 36.7 Å². The van der Waals surface area contributed by atoms with E-state index in [4.69, 9.17) is 4.74 Å². The Hall–Kier alpha value is -1.98. The van der Waals surface area contributed by atoms with Gasteiger partial charge >= 0.3 is 0 Å². The van der Waals surface area contributed by atoms with Crippen LogP contribution in [0.4, 0.5) is 11.6 Å². The summed E-state index contributed by atoms with van der Waals surface area (Å²) >= 11 is 0. The minimum Gasteiger partial charge on any atom is -0.371 e. The number of aromatic nitrogens is 2. The molecule has 0 aliphatic carbocycles. The molecule has 0 radical (unpaired) electrons. The van der Waals surface area contributed by atoms with E-state index in [0.29, 0.717) is 5.95 Å². The highest BCUT2D eigenvalue weighted by molar-refractivity contribution is 5.53. The number of morpholine rings is 1. The second-order valence-electron chi connectivity index (χ2n) is 4.89. The molecule has 3 rings (SSSR count). The highest BCUT2D eigenvalue weighted by Crippen LogP contribution is 2.21. The number of ether oxygens (including phenoxy) is 1. The van der Waals surface area contributed by atoms with Gasteiger partial charge in [0.2, 0.25) is 5.95 Å². The van der Waals surface area contributed by atoms with Crippen LogP contribution in [0.2, 0.25) is 0 Å². The van der Waals surface area contributed by atoms with Crippen molar-refractivity contribution < 1.29 is 4.74 Å². The fourth-order valence-corrected chi connectivity index (χ4v) is 2.15. The molecule has 2 heterocycles. The van der Waals surface area contributed by atoms with Gasteiger partial charge in [-0.05, 0) is 30.2 Å². The van der Waals surface area contributed by atoms with Crippen molar-refractivity contribution in [3.8, 4) is 0 Å². The first-order chi connectivity index (χ1) is 9.81. The Morgan fingerprint density at radius 1 is 1.20 bits per heavy atom. The van der Waals surface area contributed by atoms with Gasteiger partial charge in [0.1, 0.15) is 0 Å². The Labute approximate surface area is 118 Å². The number of aryl methyl sites for hydroxylation is 1. The van der Waals surface area contributed by atoms with Crippen molar-refractivity contribution in [2.75, 3.05) is 25.0 Å². The van der Waals surface area contributed by atoms with Gasteiger partial charge in [-0.25, -0.2) is 9.97 Å². The summed E-state index contributed by atoms with van der Waals surface area (Å²) in [5, 5.41) is 6.52. The molecule has 1 aromatic carbocycles. The lowest BCUT2D eigenvalue weighted by atomic mass is 10.1. The van der Waals surface area contributed by atoms with Crippen molar-refractivity contribution in [2.45, 2.75) is 13.0 Å². The molecule has 1 atom stereocenters. The van der Waals surface area contributed by atoms with E-state index in [-0.39, 0.29) is 6.10 Å². The summed E-state index contributed by atoms with van der Waals surface area (Å²) in [7, 11) is 0. The van der Waals surface area contributed by atoms with Crippen LogP contribution in [0.5, 0.6) is 0 Å². The van der Waals surface area contributed by atoms with Gasteiger partial charge in [-0.15, -0.1) is 0 Å². The molecule has 1 fully saturated rings. The van der Waals surface area contributed by atoms with Crippen molar-refractivity contribution in [1.82, 2.24) is 15.3 Å². The number of hydrogen-bond donors (Lipinski definition) is 2. The zero-order chi connectivity index (χ0) is 13.8. The van der Waals surface area contributed by atoms with Crippen LogP contribution >= 0.6 is 0 Å². The monoisotopic (exact) mass is 270 g/mol.